The summed E-state index contributed by atoms with van der Waals surface area (Å²) in [6.45, 7) is 0. The van der Waals surface area contributed by atoms with Crippen LogP contribution in [-0.2, 0) is 0 Å². The fourth-order valence-electron chi connectivity index (χ4n) is 1.42. The molecule has 0 saturated heterocycles. The Hall–Kier alpha value is -1.36. The van der Waals surface area contributed by atoms with Gasteiger partial charge in [0, 0.05) is 29.8 Å². The number of aromatic nitrogens is 2. The maximum absolute atomic E-state index is 10.1. The van der Waals surface area contributed by atoms with Crippen molar-refractivity contribution in [2.75, 3.05) is 5.73 Å². The highest BCUT2D eigenvalue weighted by Crippen LogP contribution is 2.30. The third-order valence-corrected chi connectivity index (χ3v) is 2.79. The van der Waals surface area contributed by atoms with Gasteiger partial charge in [-0.1, -0.05) is 23.2 Å². The number of aliphatic hydroxyl groups is 1. The highest BCUT2D eigenvalue weighted by molar-refractivity contribution is 6.34. The first-order valence-electron chi connectivity index (χ1n) is 4.78. The minimum atomic E-state index is -1.02. The number of hydrogen-bond acceptors (Lipinski definition) is 4. The average molecular weight is 270 g/mol. The fourth-order valence-corrected chi connectivity index (χ4v) is 1.90. The van der Waals surface area contributed by atoms with E-state index in [0.29, 0.717) is 22.0 Å². The van der Waals surface area contributed by atoms with Crippen LogP contribution in [0.2, 0.25) is 10.0 Å². The molecule has 0 aliphatic rings. The van der Waals surface area contributed by atoms with Crippen LogP contribution in [0, 0.1) is 0 Å². The van der Waals surface area contributed by atoms with E-state index in [2.05, 4.69) is 9.97 Å². The molecular weight excluding hydrogens is 261 g/mol. The molecule has 0 aliphatic carbocycles. The van der Waals surface area contributed by atoms with Crippen LogP contribution in [0.3, 0.4) is 0 Å². The van der Waals surface area contributed by atoms with Gasteiger partial charge in [0.2, 0.25) is 0 Å². The molecule has 1 unspecified atom stereocenters. The normalized spacial score (nSPS) is 12.4. The van der Waals surface area contributed by atoms with E-state index in [1.54, 1.807) is 12.3 Å². The Morgan fingerprint density at radius 1 is 1.29 bits per heavy atom. The molecule has 2 aromatic heterocycles. The second-order valence-electron chi connectivity index (χ2n) is 3.43. The molecule has 4 nitrogen and oxygen atoms in total. The molecule has 6 heteroatoms. The molecule has 0 aromatic carbocycles. The number of nitrogens with two attached hydrogens (primary N) is 1. The number of aliphatic hydroxyl groups excluding tert-OH is 1. The van der Waals surface area contributed by atoms with Crippen LogP contribution < -0.4 is 5.73 Å². The van der Waals surface area contributed by atoms with Gasteiger partial charge >= 0.3 is 0 Å². The van der Waals surface area contributed by atoms with Crippen LogP contribution in [0.4, 0.5) is 5.69 Å². The van der Waals surface area contributed by atoms with Gasteiger partial charge in [-0.15, -0.1) is 0 Å². The van der Waals surface area contributed by atoms with E-state index >= 15 is 0 Å². The van der Waals surface area contributed by atoms with Crippen LogP contribution >= 0.6 is 23.2 Å². The highest BCUT2D eigenvalue weighted by Gasteiger charge is 2.18. The molecule has 0 fully saturated rings. The van der Waals surface area contributed by atoms with Gasteiger partial charge in [-0.3, -0.25) is 9.97 Å². The summed E-state index contributed by atoms with van der Waals surface area (Å²) in [5, 5.41) is 10.8. The molecule has 1 atom stereocenters. The topological polar surface area (TPSA) is 72.0 Å². The zero-order valence-corrected chi connectivity index (χ0v) is 10.2. The smallest absolute Gasteiger partial charge is 0.126 e. The molecule has 0 amide bonds. The highest BCUT2D eigenvalue weighted by atomic mass is 35.5. The summed E-state index contributed by atoms with van der Waals surface area (Å²) in [5.74, 6) is 0. The van der Waals surface area contributed by atoms with Crippen LogP contribution in [0.5, 0.6) is 0 Å². The number of halogens is 2. The summed E-state index contributed by atoms with van der Waals surface area (Å²) in [6, 6.07) is 3.11. The third kappa shape index (κ3) is 2.49. The predicted octanol–water partition coefficient (Wildman–Crippen LogP) is 2.45. The molecule has 2 aromatic rings. The molecule has 88 valence electrons. The van der Waals surface area contributed by atoms with Crippen molar-refractivity contribution < 1.29 is 5.11 Å². The Labute approximate surface area is 108 Å². The molecule has 0 spiro atoms. The van der Waals surface area contributed by atoms with Crippen LogP contribution in [0.1, 0.15) is 17.4 Å². The maximum atomic E-state index is 10.1. The van der Waals surface area contributed by atoms with Gasteiger partial charge in [-0.2, -0.15) is 0 Å². The first kappa shape index (κ1) is 12.1. The minimum Gasteiger partial charge on any atom is -0.398 e. The number of hydrogen-bond donors (Lipinski definition) is 2. The van der Waals surface area contributed by atoms with E-state index in [9.17, 15) is 5.11 Å². The molecule has 0 saturated carbocycles. The van der Waals surface area contributed by atoms with E-state index in [-0.39, 0.29) is 5.02 Å². The first-order valence-corrected chi connectivity index (χ1v) is 5.53. The lowest BCUT2D eigenvalue weighted by molar-refractivity contribution is 0.216. The average Bonchev–Trinajstić information content (AvgIpc) is 2.29. The number of rotatable bonds is 2. The van der Waals surface area contributed by atoms with E-state index in [0.717, 1.165) is 0 Å². The summed E-state index contributed by atoms with van der Waals surface area (Å²) in [6.07, 6.45) is 3.42. The monoisotopic (exact) mass is 269 g/mol. The molecule has 0 bridgehead atoms. The molecular formula is C11H9Cl2N3O. The summed E-state index contributed by atoms with van der Waals surface area (Å²) in [5.41, 5.74) is 6.94. The van der Waals surface area contributed by atoms with Crippen LogP contribution in [-0.4, -0.2) is 15.1 Å². The quantitative estimate of drug-likeness (QED) is 0.879. The van der Waals surface area contributed by atoms with E-state index in [1.165, 1.54) is 18.5 Å². The Balaban J connectivity index is 2.44. The van der Waals surface area contributed by atoms with E-state index in [1.807, 2.05) is 0 Å². The number of anilines is 1. The SMILES string of the molecule is Nc1ccncc1C(O)c1ncc(Cl)cc1Cl. The molecule has 2 heterocycles. The van der Waals surface area contributed by atoms with Crippen LogP contribution in [0.25, 0.3) is 0 Å². The fraction of sp³-hybridized carbons (Fsp3) is 0.0909. The standard InChI is InChI=1S/C11H9Cl2N3O/c12-6-3-8(13)10(16-4-6)11(17)7-5-15-2-1-9(7)14/h1-5,11,17H,(H2,14,15). The number of nitrogens with zero attached hydrogens (tertiary/aromatic N) is 2. The van der Waals surface area contributed by atoms with Crippen molar-refractivity contribution in [1.82, 2.24) is 9.97 Å². The molecule has 3 N–H and O–H groups in total. The van der Waals surface area contributed by atoms with Crippen LogP contribution in [0.15, 0.2) is 30.7 Å². The van der Waals surface area contributed by atoms with Crippen molar-refractivity contribution >= 4 is 28.9 Å². The zero-order chi connectivity index (χ0) is 12.4. The lowest BCUT2D eigenvalue weighted by Crippen LogP contribution is -2.06. The Kier molecular flexibility index (Phi) is 3.47. The van der Waals surface area contributed by atoms with Crippen molar-refractivity contribution in [3.05, 3.63) is 52.0 Å². The first-order chi connectivity index (χ1) is 8.09. The van der Waals surface area contributed by atoms with E-state index < -0.39 is 6.10 Å². The maximum Gasteiger partial charge on any atom is 0.126 e. The number of pyridine rings is 2. The molecule has 2 rings (SSSR count). The Morgan fingerprint density at radius 3 is 2.71 bits per heavy atom. The van der Waals surface area contributed by atoms with Crippen molar-refractivity contribution in [2.45, 2.75) is 6.10 Å². The Bertz CT molecular complexity index is 548. The lowest BCUT2D eigenvalue weighted by Gasteiger charge is -2.13. The molecule has 0 radical (unpaired) electrons. The summed E-state index contributed by atoms with van der Waals surface area (Å²) in [7, 11) is 0. The summed E-state index contributed by atoms with van der Waals surface area (Å²) >= 11 is 11.7. The molecule has 0 aliphatic heterocycles. The molecule has 17 heavy (non-hydrogen) atoms. The van der Waals surface area contributed by atoms with Gasteiger partial charge < -0.3 is 10.8 Å². The zero-order valence-electron chi connectivity index (χ0n) is 8.64. The second-order valence-corrected chi connectivity index (χ2v) is 4.27. The lowest BCUT2D eigenvalue weighted by atomic mass is 10.1. The summed E-state index contributed by atoms with van der Waals surface area (Å²) in [4.78, 5) is 7.90. The van der Waals surface area contributed by atoms with Gasteiger partial charge in [0.15, 0.2) is 0 Å². The van der Waals surface area contributed by atoms with Crippen molar-refractivity contribution in [3.8, 4) is 0 Å². The van der Waals surface area contributed by atoms with Crippen molar-refractivity contribution in [2.24, 2.45) is 0 Å². The number of nitrogen functional groups attached to an aromatic ring is 1. The third-order valence-electron chi connectivity index (χ3n) is 2.28. The predicted molar refractivity (Wildman–Crippen MR) is 67.0 cm³/mol. The summed E-state index contributed by atoms with van der Waals surface area (Å²) < 4.78 is 0. The second kappa shape index (κ2) is 4.87. The van der Waals surface area contributed by atoms with Gasteiger partial charge in [0.25, 0.3) is 0 Å². The largest absolute Gasteiger partial charge is 0.398 e. The van der Waals surface area contributed by atoms with Crippen molar-refractivity contribution in [1.29, 1.82) is 0 Å². The Morgan fingerprint density at radius 2 is 2.06 bits per heavy atom. The van der Waals surface area contributed by atoms with Crippen molar-refractivity contribution in [3.63, 3.8) is 0 Å². The van der Waals surface area contributed by atoms with Gasteiger partial charge in [0.1, 0.15) is 6.10 Å². The van der Waals surface area contributed by atoms with Gasteiger partial charge in [-0.05, 0) is 12.1 Å². The van der Waals surface area contributed by atoms with Gasteiger partial charge in [0.05, 0.1) is 15.7 Å². The van der Waals surface area contributed by atoms with E-state index in [4.69, 9.17) is 28.9 Å². The minimum absolute atomic E-state index is 0.285. The van der Waals surface area contributed by atoms with Gasteiger partial charge in [-0.25, -0.2) is 0 Å².